The van der Waals surface area contributed by atoms with Crippen molar-refractivity contribution in [2.75, 3.05) is 0 Å². The van der Waals surface area contributed by atoms with Crippen LogP contribution in [-0.4, -0.2) is 0 Å². The maximum atomic E-state index is 8.97. The number of pyridine rings is 3. The fourth-order valence-electron chi connectivity index (χ4n) is 15.9. The van der Waals surface area contributed by atoms with Crippen molar-refractivity contribution >= 4 is 0 Å². The molecule has 3 fully saturated rings. The molecule has 6 aliphatic rings. The highest BCUT2D eigenvalue weighted by molar-refractivity contribution is 5.74. The van der Waals surface area contributed by atoms with Crippen LogP contribution in [0, 0.1) is 57.8 Å². The summed E-state index contributed by atoms with van der Waals surface area (Å²) in [4.78, 5) is 0. The smallest absolute Gasteiger partial charge is 0.200 e. The average Bonchev–Trinajstić information content (AvgIpc) is 1.59. The summed E-state index contributed by atoms with van der Waals surface area (Å²) in [6, 6.07) is 51.8. The van der Waals surface area contributed by atoms with Crippen LogP contribution in [0.15, 0.2) is 164 Å². The molecule has 3 saturated carbocycles. The molecular weight excluding hydrogens is 1030 g/mol. The summed E-state index contributed by atoms with van der Waals surface area (Å²) in [7, 11) is 6.35. The Hall–Kier alpha value is -7.23. The van der Waals surface area contributed by atoms with Gasteiger partial charge in [0.15, 0.2) is 18.6 Å². The fraction of sp³-hybridized carbons (Fsp3) is 0.378. The normalized spacial score (nSPS) is 20.2. The van der Waals surface area contributed by atoms with Gasteiger partial charge in [-0.25, -0.2) is 13.7 Å². The van der Waals surface area contributed by atoms with E-state index in [0.717, 1.165) is 113 Å². The van der Waals surface area contributed by atoms with Gasteiger partial charge in [-0.05, 0) is 236 Å². The summed E-state index contributed by atoms with van der Waals surface area (Å²) in [6.45, 7) is 13.0. The Morgan fingerprint density at radius 1 is 0.294 bits per heavy atom. The predicted molar refractivity (Wildman–Crippen MR) is 353 cm³/mol. The Balaban J connectivity index is 0.000000125. The lowest BCUT2D eigenvalue weighted by molar-refractivity contribution is -0.660. The van der Waals surface area contributed by atoms with Crippen LogP contribution in [0.3, 0.4) is 0 Å². The molecule has 432 valence electrons. The Bertz CT molecular complexity index is 4120. The molecule has 6 aromatic carbocycles. The molecule has 0 N–H and O–H groups in total. The van der Waals surface area contributed by atoms with E-state index in [2.05, 4.69) is 241 Å². The first kappa shape index (κ1) is 50.0. The Labute approximate surface area is 518 Å². The second kappa shape index (κ2) is 23.2. The zero-order valence-electron chi connectivity index (χ0n) is 58.2. The van der Waals surface area contributed by atoms with Gasteiger partial charge in [0, 0.05) is 59.8 Å². The van der Waals surface area contributed by atoms with Gasteiger partial charge in [-0.15, -0.1) is 0 Å². The standard InChI is InChI=1S/C28H32N.2C27H30N/c1-20-9-5-6-10-25(20)27-15-21(2)26(19-29(27)3)22-11-12-23-17-28(18-24(23)16-22)13-7-4-8-14-28;2*1-19-8-4-5-9-24(19)26-14-20(2)25(18-28(26)3)21-10-11-22-16-27(12-6-7-13-27)17-23(22)15-21/h5-6,9-12,15-16,19H,4,7-8,13-14,17-18H2,1-3H3;2*4-5,8-11,14-15,18H,6-7,12-13,16-17H2,1-3H3/q3*+1/i17D2;2*16D2. The van der Waals surface area contributed by atoms with E-state index >= 15 is 0 Å². The van der Waals surface area contributed by atoms with Gasteiger partial charge in [0.05, 0.1) is 0 Å². The molecule has 0 unspecified atom stereocenters. The molecule has 0 aliphatic heterocycles. The Kier molecular flexibility index (Phi) is 13.7. The zero-order chi connectivity index (χ0) is 64.0. The van der Waals surface area contributed by atoms with Crippen molar-refractivity contribution in [3.8, 4) is 67.2 Å². The summed E-state index contributed by atoms with van der Waals surface area (Å²) in [6.07, 6.45) is 20.1. The first-order valence-electron chi connectivity index (χ1n) is 35.1. The molecule has 6 aliphatic carbocycles. The summed E-state index contributed by atoms with van der Waals surface area (Å²) in [5, 5.41) is 0. The minimum absolute atomic E-state index is 0.178. The molecule has 3 aromatic heterocycles. The highest BCUT2D eigenvalue weighted by atomic mass is 14.9. The lowest BCUT2D eigenvalue weighted by Gasteiger charge is -2.33. The van der Waals surface area contributed by atoms with E-state index in [4.69, 9.17) is 8.22 Å². The van der Waals surface area contributed by atoms with E-state index in [1.54, 1.807) is 0 Å². The molecule has 15 rings (SSSR count). The van der Waals surface area contributed by atoms with Gasteiger partial charge < -0.3 is 0 Å². The summed E-state index contributed by atoms with van der Waals surface area (Å²) in [5.74, 6) is 0. The fourth-order valence-corrected chi connectivity index (χ4v) is 15.9. The first-order chi connectivity index (χ1) is 43.5. The Morgan fingerprint density at radius 3 is 0.847 bits per heavy atom. The SMILES string of the molecule is [2H]C1([2H])c2ccc(-c3c[n+](C)c(-c4ccccc4C)cc3C)cc2CC12CCCC2.[2H]C1([2H])c2ccc(-c3c[n+](C)c(-c4ccccc4C)cc3C)cc2CC12CCCC2.[2H]C1([2H])c2ccc(-c3c[n+](C)c(-c4ccccc4C)cc3C)cc2CC12CCCCC2. The van der Waals surface area contributed by atoms with E-state index in [-0.39, 0.29) is 16.2 Å². The third-order valence-electron chi connectivity index (χ3n) is 20.7. The van der Waals surface area contributed by atoms with Crippen molar-refractivity contribution in [1.29, 1.82) is 0 Å². The van der Waals surface area contributed by atoms with E-state index in [1.165, 1.54) is 124 Å². The van der Waals surface area contributed by atoms with Crippen LogP contribution in [0.4, 0.5) is 0 Å². The minimum atomic E-state index is -1.21. The maximum Gasteiger partial charge on any atom is 0.212 e. The van der Waals surface area contributed by atoms with Crippen molar-refractivity contribution in [1.82, 2.24) is 0 Å². The quantitative estimate of drug-likeness (QED) is 0.147. The lowest BCUT2D eigenvalue weighted by Crippen LogP contribution is -2.31. The number of fused-ring (bicyclic) bond motifs is 3. The topological polar surface area (TPSA) is 11.6 Å². The molecule has 3 spiro atoms. The molecule has 0 amide bonds. The van der Waals surface area contributed by atoms with Gasteiger partial charge in [-0.2, -0.15) is 0 Å². The molecule has 3 nitrogen and oxygen atoms in total. The number of hydrogen-bond acceptors (Lipinski definition) is 0. The molecule has 3 heteroatoms. The second-order valence-electron chi connectivity index (χ2n) is 26.9. The van der Waals surface area contributed by atoms with Crippen LogP contribution < -0.4 is 13.7 Å². The molecule has 9 aromatic rings. The van der Waals surface area contributed by atoms with Crippen molar-refractivity contribution in [2.45, 2.75) is 163 Å². The third-order valence-corrected chi connectivity index (χ3v) is 20.7. The van der Waals surface area contributed by atoms with Gasteiger partial charge in [0.2, 0.25) is 17.1 Å². The maximum absolute atomic E-state index is 8.97. The van der Waals surface area contributed by atoms with Gasteiger partial charge in [0.25, 0.3) is 0 Å². The number of rotatable bonds is 6. The van der Waals surface area contributed by atoms with E-state index in [0.29, 0.717) is 0 Å². The van der Waals surface area contributed by atoms with Crippen molar-refractivity contribution in [3.05, 3.63) is 231 Å². The first-order valence-corrected chi connectivity index (χ1v) is 32.1. The average molecular weight is 1130 g/mol. The predicted octanol–water partition coefficient (Wildman–Crippen LogP) is 18.8. The molecule has 0 bridgehead atoms. The molecule has 85 heavy (non-hydrogen) atoms. The highest BCUT2D eigenvalue weighted by Crippen LogP contribution is 2.52. The van der Waals surface area contributed by atoms with Gasteiger partial charge >= 0.3 is 0 Å². The number of aromatic nitrogens is 3. The van der Waals surface area contributed by atoms with E-state index in [9.17, 15) is 0 Å². The Morgan fingerprint density at radius 2 is 0.565 bits per heavy atom. The van der Waals surface area contributed by atoms with Crippen LogP contribution in [-0.2, 0) is 59.5 Å². The van der Waals surface area contributed by atoms with Gasteiger partial charge in [0.1, 0.15) is 21.1 Å². The molecule has 0 radical (unpaired) electrons. The lowest BCUT2D eigenvalue weighted by atomic mass is 9.72. The monoisotopic (exact) mass is 1120 g/mol. The number of benzene rings is 6. The second-order valence-corrected chi connectivity index (χ2v) is 26.9. The zero-order valence-corrected chi connectivity index (χ0v) is 52.2. The summed E-state index contributed by atoms with van der Waals surface area (Å²) < 4.78 is 60.1. The van der Waals surface area contributed by atoms with Crippen molar-refractivity contribution in [3.63, 3.8) is 0 Å². The van der Waals surface area contributed by atoms with Crippen LogP contribution in [0.25, 0.3) is 67.2 Å². The van der Waals surface area contributed by atoms with E-state index in [1.807, 2.05) is 0 Å². The molecule has 0 atom stereocenters. The highest BCUT2D eigenvalue weighted by Gasteiger charge is 2.41. The van der Waals surface area contributed by atoms with Crippen LogP contribution >= 0.6 is 0 Å². The van der Waals surface area contributed by atoms with Crippen LogP contribution in [0.2, 0.25) is 0 Å². The van der Waals surface area contributed by atoms with Crippen LogP contribution in [0.1, 0.15) is 158 Å². The van der Waals surface area contributed by atoms with Crippen molar-refractivity contribution in [2.24, 2.45) is 37.4 Å². The number of aryl methyl sites for hydroxylation is 9. The summed E-state index contributed by atoms with van der Waals surface area (Å²) in [5.41, 5.74) is 28.2. The largest absolute Gasteiger partial charge is 0.212 e. The molecular formula is C82H92N3+3. The van der Waals surface area contributed by atoms with E-state index < -0.39 is 19.1 Å². The number of hydrogen-bond donors (Lipinski definition) is 0. The van der Waals surface area contributed by atoms with Gasteiger partial charge in [-0.1, -0.05) is 154 Å². The molecule has 3 heterocycles. The minimum Gasteiger partial charge on any atom is -0.200 e. The summed E-state index contributed by atoms with van der Waals surface area (Å²) >= 11 is 0. The van der Waals surface area contributed by atoms with Crippen LogP contribution in [0.5, 0.6) is 0 Å². The molecule has 0 saturated heterocycles. The third kappa shape index (κ3) is 11.3. The van der Waals surface area contributed by atoms with Crippen molar-refractivity contribution < 1.29 is 21.9 Å². The number of nitrogens with zero attached hydrogens (tertiary/aromatic N) is 3. The van der Waals surface area contributed by atoms with Gasteiger partial charge in [-0.3, -0.25) is 0 Å².